The summed E-state index contributed by atoms with van der Waals surface area (Å²) in [5.41, 5.74) is 6.45. The van der Waals surface area contributed by atoms with E-state index in [2.05, 4.69) is 4.98 Å². The zero-order valence-corrected chi connectivity index (χ0v) is 10.4. The monoisotopic (exact) mass is 265 g/mol. The maximum Gasteiger partial charge on any atom is 0.412 e. The number of ether oxygens (including phenoxy) is 1. The molecule has 3 N–H and O–H groups in total. The van der Waals surface area contributed by atoms with Crippen LogP contribution in [-0.4, -0.2) is 39.6 Å². The topological polar surface area (TPSA) is 106 Å². The number of aliphatic hydroxyl groups is 1. The highest BCUT2D eigenvalue weighted by molar-refractivity contribution is 5.87. The van der Waals surface area contributed by atoms with Crippen LogP contribution in [0, 0.1) is 0 Å². The van der Waals surface area contributed by atoms with Gasteiger partial charge >= 0.3 is 6.09 Å². The number of carbonyl (C=O) groups excluding carboxylic acids is 2. The lowest BCUT2D eigenvalue weighted by molar-refractivity contribution is -0.124. The molecule has 1 aliphatic rings. The molecule has 1 saturated heterocycles. The predicted molar refractivity (Wildman–Crippen MR) is 64.7 cm³/mol. The number of rotatable bonds is 4. The smallest absolute Gasteiger partial charge is 0.412 e. The van der Waals surface area contributed by atoms with Gasteiger partial charge in [-0.3, -0.25) is 14.7 Å². The van der Waals surface area contributed by atoms with Crippen molar-refractivity contribution in [3.63, 3.8) is 0 Å². The second-order valence-corrected chi connectivity index (χ2v) is 4.22. The van der Waals surface area contributed by atoms with Gasteiger partial charge in [-0.2, -0.15) is 0 Å². The SMILES string of the molecule is CC(=O)C1OC(=O)N(CN)C1c1cccc(CO)n1. The summed E-state index contributed by atoms with van der Waals surface area (Å²) in [5, 5.41) is 9.09. The number of cyclic esters (lactones) is 1. The Labute approximate surface area is 110 Å². The molecule has 0 saturated carbocycles. The molecule has 1 aromatic rings. The van der Waals surface area contributed by atoms with Gasteiger partial charge < -0.3 is 15.6 Å². The normalized spacial score (nSPS) is 22.5. The van der Waals surface area contributed by atoms with Crippen LogP contribution < -0.4 is 5.73 Å². The minimum absolute atomic E-state index is 0.0711. The Morgan fingerprint density at radius 2 is 2.32 bits per heavy atom. The highest BCUT2D eigenvalue weighted by Crippen LogP contribution is 2.32. The highest BCUT2D eigenvalue weighted by atomic mass is 16.6. The molecule has 2 atom stereocenters. The van der Waals surface area contributed by atoms with Crippen LogP contribution in [0.25, 0.3) is 0 Å². The van der Waals surface area contributed by atoms with E-state index in [4.69, 9.17) is 15.6 Å². The number of carbonyl (C=O) groups is 2. The largest absolute Gasteiger partial charge is 0.435 e. The number of hydrogen-bond donors (Lipinski definition) is 2. The predicted octanol–water partition coefficient (Wildman–Crippen LogP) is -0.0590. The molecule has 0 spiro atoms. The molecule has 0 bridgehead atoms. The Balaban J connectivity index is 2.41. The molecule has 1 fully saturated rings. The van der Waals surface area contributed by atoms with Crippen molar-refractivity contribution in [2.75, 3.05) is 6.67 Å². The summed E-state index contributed by atoms with van der Waals surface area (Å²) in [6.45, 7) is 1.06. The molecule has 2 heterocycles. The molecule has 1 amide bonds. The quantitative estimate of drug-likeness (QED) is 0.790. The van der Waals surface area contributed by atoms with Crippen LogP contribution >= 0.6 is 0 Å². The fraction of sp³-hybridized carbons (Fsp3) is 0.417. The Bertz CT molecular complexity index is 506. The minimum Gasteiger partial charge on any atom is -0.435 e. The maximum atomic E-state index is 11.7. The number of hydrogen-bond acceptors (Lipinski definition) is 6. The number of amides is 1. The third-order valence-electron chi connectivity index (χ3n) is 2.98. The van der Waals surface area contributed by atoms with Crippen molar-refractivity contribution in [3.8, 4) is 0 Å². The van der Waals surface area contributed by atoms with Crippen molar-refractivity contribution in [1.29, 1.82) is 0 Å². The van der Waals surface area contributed by atoms with E-state index >= 15 is 0 Å². The van der Waals surface area contributed by atoms with Crippen molar-refractivity contribution in [1.82, 2.24) is 9.88 Å². The van der Waals surface area contributed by atoms with Crippen molar-refractivity contribution >= 4 is 11.9 Å². The Hall–Kier alpha value is -1.99. The summed E-state index contributed by atoms with van der Waals surface area (Å²) in [6.07, 6.45) is -1.55. The van der Waals surface area contributed by atoms with Gasteiger partial charge in [0.2, 0.25) is 0 Å². The molecular formula is C12H15N3O4. The van der Waals surface area contributed by atoms with Gasteiger partial charge in [0.05, 0.1) is 24.7 Å². The van der Waals surface area contributed by atoms with Crippen LogP contribution in [-0.2, 0) is 16.1 Å². The summed E-state index contributed by atoms with van der Waals surface area (Å²) in [7, 11) is 0. The molecule has 7 nitrogen and oxygen atoms in total. The van der Waals surface area contributed by atoms with Gasteiger partial charge in [-0.25, -0.2) is 4.79 Å². The van der Waals surface area contributed by atoms with E-state index in [-0.39, 0.29) is 19.1 Å². The maximum absolute atomic E-state index is 11.7. The molecule has 2 unspecified atom stereocenters. The molecule has 7 heteroatoms. The summed E-state index contributed by atoms with van der Waals surface area (Å²) in [6, 6.07) is 4.37. The van der Waals surface area contributed by atoms with Gasteiger partial charge in [0, 0.05) is 0 Å². The molecule has 0 radical (unpaired) electrons. The van der Waals surface area contributed by atoms with Crippen LogP contribution in [0.4, 0.5) is 4.79 Å². The van der Waals surface area contributed by atoms with E-state index in [9.17, 15) is 9.59 Å². The molecule has 1 aromatic heterocycles. The van der Waals surface area contributed by atoms with Crippen LogP contribution in [0.2, 0.25) is 0 Å². The molecule has 0 aromatic carbocycles. The van der Waals surface area contributed by atoms with Gasteiger partial charge in [0.15, 0.2) is 11.9 Å². The third-order valence-corrected chi connectivity index (χ3v) is 2.98. The summed E-state index contributed by atoms with van der Waals surface area (Å²) < 4.78 is 5.02. The number of ketones is 1. The van der Waals surface area contributed by atoms with E-state index in [1.807, 2.05) is 0 Å². The van der Waals surface area contributed by atoms with Crippen molar-refractivity contribution in [2.24, 2.45) is 5.73 Å². The molecule has 0 aliphatic carbocycles. The average molecular weight is 265 g/mol. The van der Waals surface area contributed by atoms with Gasteiger partial charge in [0.25, 0.3) is 0 Å². The molecule has 2 rings (SSSR count). The third kappa shape index (κ3) is 2.42. The minimum atomic E-state index is -0.919. The molecule has 102 valence electrons. The number of nitrogens with zero attached hydrogens (tertiary/aromatic N) is 2. The number of Topliss-reactive ketones (excluding diaryl/α,β-unsaturated/α-hetero) is 1. The average Bonchev–Trinajstić information content (AvgIpc) is 2.75. The first kappa shape index (κ1) is 13.4. The Morgan fingerprint density at radius 3 is 2.89 bits per heavy atom. The van der Waals surface area contributed by atoms with E-state index in [0.29, 0.717) is 11.4 Å². The lowest BCUT2D eigenvalue weighted by atomic mass is 10.0. The van der Waals surface area contributed by atoms with Gasteiger partial charge in [-0.05, 0) is 19.1 Å². The number of aliphatic hydroxyl groups excluding tert-OH is 1. The highest BCUT2D eigenvalue weighted by Gasteiger charge is 2.45. The fourth-order valence-corrected chi connectivity index (χ4v) is 2.08. The van der Waals surface area contributed by atoms with E-state index in [0.717, 1.165) is 0 Å². The second kappa shape index (κ2) is 5.33. The van der Waals surface area contributed by atoms with Crippen molar-refractivity contribution < 1.29 is 19.4 Å². The molecule has 19 heavy (non-hydrogen) atoms. The van der Waals surface area contributed by atoms with Crippen LogP contribution in [0.3, 0.4) is 0 Å². The first-order valence-corrected chi connectivity index (χ1v) is 5.83. The Kier molecular flexibility index (Phi) is 3.77. The van der Waals surface area contributed by atoms with Crippen LogP contribution in [0.5, 0.6) is 0 Å². The summed E-state index contributed by atoms with van der Waals surface area (Å²) >= 11 is 0. The van der Waals surface area contributed by atoms with E-state index in [1.165, 1.54) is 11.8 Å². The van der Waals surface area contributed by atoms with Gasteiger partial charge in [0.1, 0.15) is 6.04 Å². The zero-order valence-electron chi connectivity index (χ0n) is 10.4. The first-order chi connectivity index (χ1) is 9.08. The lowest BCUT2D eigenvalue weighted by Crippen LogP contribution is -2.36. The van der Waals surface area contributed by atoms with Gasteiger partial charge in [-0.1, -0.05) is 6.07 Å². The molecule has 1 aliphatic heterocycles. The summed E-state index contributed by atoms with van der Waals surface area (Å²) in [5.74, 6) is -0.273. The second-order valence-electron chi connectivity index (χ2n) is 4.22. The fourth-order valence-electron chi connectivity index (χ4n) is 2.08. The number of pyridine rings is 1. The van der Waals surface area contributed by atoms with E-state index < -0.39 is 18.2 Å². The zero-order chi connectivity index (χ0) is 14.0. The standard InChI is InChI=1S/C12H15N3O4/c1-7(17)11-10(15(6-13)12(18)19-11)9-4-2-3-8(5-16)14-9/h2-4,10-11,16H,5-6,13H2,1H3. The van der Waals surface area contributed by atoms with Crippen molar-refractivity contribution in [3.05, 3.63) is 29.6 Å². The number of nitrogens with two attached hydrogens (primary N) is 1. The van der Waals surface area contributed by atoms with E-state index in [1.54, 1.807) is 18.2 Å². The Morgan fingerprint density at radius 1 is 1.58 bits per heavy atom. The van der Waals surface area contributed by atoms with Gasteiger partial charge in [-0.15, -0.1) is 0 Å². The number of aromatic nitrogens is 1. The lowest BCUT2D eigenvalue weighted by Gasteiger charge is -2.21. The van der Waals surface area contributed by atoms with Crippen LogP contribution in [0.15, 0.2) is 18.2 Å². The molecular weight excluding hydrogens is 250 g/mol. The summed E-state index contributed by atoms with van der Waals surface area (Å²) in [4.78, 5) is 28.7. The first-order valence-electron chi connectivity index (χ1n) is 5.83. The van der Waals surface area contributed by atoms with Crippen LogP contribution in [0.1, 0.15) is 24.4 Å². The van der Waals surface area contributed by atoms with Crippen molar-refractivity contribution in [2.45, 2.75) is 25.7 Å².